The minimum absolute atomic E-state index is 0.0570. The molecule has 16 heavy (non-hydrogen) atoms. The predicted octanol–water partition coefficient (Wildman–Crippen LogP) is 1.84. The molecule has 1 rings (SSSR count). The van der Waals surface area contributed by atoms with Crippen molar-refractivity contribution in [1.82, 2.24) is 10.2 Å². The molecule has 1 aromatic heterocycles. The second-order valence-corrected chi connectivity index (χ2v) is 4.63. The number of hydrogen-bond acceptors (Lipinski definition) is 4. The van der Waals surface area contributed by atoms with E-state index >= 15 is 0 Å². The summed E-state index contributed by atoms with van der Waals surface area (Å²) in [5.74, 6) is 1.52. The molecule has 0 aliphatic rings. The van der Waals surface area contributed by atoms with Crippen molar-refractivity contribution in [2.75, 3.05) is 11.9 Å². The van der Waals surface area contributed by atoms with E-state index in [1.165, 1.54) is 0 Å². The fourth-order valence-corrected chi connectivity index (χ4v) is 1.69. The maximum atomic E-state index is 8.88. The molecule has 0 amide bonds. The van der Waals surface area contributed by atoms with E-state index in [9.17, 15) is 0 Å². The van der Waals surface area contributed by atoms with Crippen molar-refractivity contribution in [3.63, 3.8) is 0 Å². The largest absolute Gasteiger partial charge is 0.390 e. The predicted molar refractivity (Wildman–Crippen MR) is 65.3 cm³/mol. The lowest BCUT2D eigenvalue weighted by atomic mass is 10.0. The van der Waals surface area contributed by atoms with Gasteiger partial charge in [0, 0.05) is 13.1 Å². The molecule has 1 aromatic rings. The van der Waals surface area contributed by atoms with E-state index in [0.717, 1.165) is 12.2 Å². The van der Waals surface area contributed by atoms with E-state index in [-0.39, 0.29) is 6.61 Å². The summed E-state index contributed by atoms with van der Waals surface area (Å²) >= 11 is 0. The zero-order valence-corrected chi connectivity index (χ0v) is 10.5. The second kappa shape index (κ2) is 5.80. The lowest BCUT2D eigenvalue weighted by Gasteiger charge is -2.26. The van der Waals surface area contributed by atoms with Crippen LogP contribution in [-0.4, -0.2) is 28.4 Å². The Bertz CT molecular complexity index is 311. The number of aliphatic hydroxyl groups is 1. The highest BCUT2D eigenvalue weighted by Crippen LogP contribution is 2.16. The Morgan fingerprint density at radius 3 is 2.38 bits per heavy atom. The first-order valence-corrected chi connectivity index (χ1v) is 5.71. The summed E-state index contributed by atoms with van der Waals surface area (Å²) in [4.78, 5) is 2.12. The maximum absolute atomic E-state index is 8.88. The second-order valence-electron chi connectivity index (χ2n) is 4.63. The van der Waals surface area contributed by atoms with Crippen LogP contribution in [0.25, 0.3) is 0 Å². The van der Waals surface area contributed by atoms with Gasteiger partial charge in [0.25, 0.3) is 0 Å². The standard InChI is InChI=1S/C12H21N3O/c1-9(2)7-10(3)15(4)12-6-5-11(8-16)13-14-12/h5-6,9-10,16H,7-8H2,1-4H3. The molecular weight excluding hydrogens is 202 g/mol. The lowest BCUT2D eigenvalue weighted by molar-refractivity contribution is 0.275. The lowest BCUT2D eigenvalue weighted by Crippen LogP contribution is -2.30. The Kier molecular flexibility index (Phi) is 4.68. The van der Waals surface area contributed by atoms with E-state index in [4.69, 9.17) is 5.11 Å². The van der Waals surface area contributed by atoms with Crippen LogP contribution < -0.4 is 4.90 Å². The summed E-state index contributed by atoms with van der Waals surface area (Å²) in [6, 6.07) is 4.14. The molecule has 0 saturated carbocycles. The summed E-state index contributed by atoms with van der Waals surface area (Å²) in [6.07, 6.45) is 1.12. The topological polar surface area (TPSA) is 49.2 Å². The number of anilines is 1. The normalized spacial score (nSPS) is 12.9. The van der Waals surface area contributed by atoms with Gasteiger partial charge in [-0.1, -0.05) is 13.8 Å². The van der Waals surface area contributed by atoms with E-state index in [1.807, 2.05) is 13.1 Å². The molecule has 0 aromatic carbocycles. The summed E-state index contributed by atoms with van der Waals surface area (Å²) in [7, 11) is 2.02. The van der Waals surface area contributed by atoms with Crippen molar-refractivity contribution in [2.24, 2.45) is 5.92 Å². The van der Waals surface area contributed by atoms with Gasteiger partial charge in [0.15, 0.2) is 5.82 Å². The zero-order valence-electron chi connectivity index (χ0n) is 10.5. The SMILES string of the molecule is CC(C)CC(C)N(C)c1ccc(CO)nn1. The molecular formula is C12H21N3O. The first-order chi connectivity index (χ1) is 7.54. The highest BCUT2D eigenvalue weighted by Gasteiger charge is 2.12. The molecule has 0 bridgehead atoms. The Labute approximate surface area is 97.3 Å². The first kappa shape index (κ1) is 12.9. The average Bonchev–Trinajstić information content (AvgIpc) is 2.27. The third kappa shape index (κ3) is 3.45. The van der Waals surface area contributed by atoms with Crippen LogP contribution in [0.3, 0.4) is 0 Å². The number of aliphatic hydroxyl groups excluding tert-OH is 1. The van der Waals surface area contributed by atoms with Crippen molar-refractivity contribution in [1.29, 1.82) is 0 Å². The average molecular weight is 223 g/mol. The van der Waals surface area contributed by atoms with Gasteiger partial charge in [-0.2, -0.15) is 5.10 Å². The third-order valence-corrected chi connectivity index (χ3v) is 2.70. The van der Waals surface area contributed by atoms with Gasteiger partial charge >= 0.3 is 0 Å². The number of nitrogens with zero attached hydrogens (tertiary/aromatic N) is 3. The van der Waals surface area contributed by atoms with Gasteiger partial charge in [-0.25, -0.2) is 0 Å². The van der Waals surface area contributed by atoms with Crippen molar-refractivity contribution >= 4 is 5.82 Å². The van der Waals surface area contributed by atoms with Gasteiger partial charge < -0.3 is 10.0 Å². The zero-order chi connectivity index (χ0) is 12.1. The van der Waals surface area contributed by atoms with Crippen LogP contribution in [0.15, 0.2) is 12.1 Å². The summed E-state index contributed by atoms with van der Waals surface area (Å²) < 4.78 is 0. The molecule has 1 atom stereocenters. The van der Waals surface area contributed by atoms with Crippen molar-refractivity contribution in [3.05, 3.63) is 17.8 Å². The molecule has 1 heterocycles. The van der Waals surface area contributed by atoms with Gasteiger partial charge in [0.05, 0.1) is 12.3 Å². The van der Waals surface area contributed by atoms with Crippen LogP contribution in [-0.2, 0) is 6.61 Å². The van der Waals surface area contributed by atoms with Crippen molar-refractivity contribution in [2.45, 2.75) is 39.8 Å². The van der Waals surface area contributed by atoms with Gasteiger partial charge in [0.2, 0.25) is 0 Å². The summed E-state index contributed by atoms with van der Waals surface area (Å²) in [5.41, 5.74) is 0.605. The molecule has 4 heteroatoms. The Balaban J connectivity index is 2.67. The number of aromatic nitrogens is 2. The monoisotopic (exact) mass is 223 g/mol. The quantitative estimate of drug-likeness (QED) is 0.827. The van der Waals surface area contributed by atoms with E-state index in [1.54, 1.807) is 6.07 Å². The van der Waals surface area contributed by atoms with E-state index < -0.39 is 0 Å². The third-order valence-electron chi connectivity index (χ3n) is 2.70. The van der Waals surface area contributed by atoms with E-state index in [2.05, 4.69) is 35.9 Å². The van der Waals surface area contributed by atoms with Crippen molar-refractivity contribution < 1.29 is 5.11 Å². The molecule has 0 aliphatic carbocycles. The molecule has 0 spiro atoms. The molecule has 0 saturated heterocycles. The van der Waals surface area contributed by atoms with Crippen LogP contribution in [0, 0.1) is 5.92 Å². The van der Waals surface area contributed by atoms with Gasteiger partial charge in [-0.3, -0.25) is 0 Å². The van der Waals surface area contributed by atoms with Crippen LogP contribution in [0.2, 0.25) is 0 Å². The Morgan fingerprint density at radius 2 is 1.94 bits per heavy atom. The maximum Gasteiger partial charge on any atom is 0.151 e. The minimum atomic E-state index is -0.0570. The molecule has 4 nitrogen and oxygen atoms in total. The fraction of sp³-hybridized carbons (Fsp3) is 0.667. The molecule has 90 valence electrons. The highest BCUT2D eigenvalue weighted by atomic mass is 16.3. The number of rotatable bonds is 5. The highest BCUT2D eigenvalue weighted by molar-refractivity contribution is 5.37. The molecule has 0 aliphatic heterocycles. The first-order valence-electron chi connectivity index (χ1n) is 5.71. The smallest absolute Gasteiger partial charge is 0.151 e. The summed E-state index contributed by atoms with van der Waals surface area (Å²) in [5, 5.41) is 16.9. The molecule has 1 unspecified atom stereocenters. The van der Waals surface area contributed by atoms with Crippen molar-refractivity contribution in [3.8, 4) is 0 Å². The van der Waals surface area contributed by atoms with Gasteiger partial charge in [-0.15, -0.1) is 5.10 Å². The molecule has 0 fully saturated rings. The van der Waals surface area contributed by atoms with Gasteiger partial charge in [0.1, 0.15) is 0 Å². The minimum Gasteiger partial charge on any atom is -0.390 e. The van der Waals surface area contributed by atoms with Crippen LogP contribution in [0.5, 0.6) is 0 Å². The Morgan fingerprint density at radius 1 is 1.25 bits per heavy atom. The molecule has 1 N–H and O–H groups in total. The van der Waals surface area contributed by atoms with Crippen LogP contribution >= 0.6 is 0 Å². The summed E-state index contributed by atoms with van der Waals surface area (Å²) in [6.45, 7) is 6.55. The fourth-order valence-electron chi connectivity index (χ4n) is 1.69. The molecule has 0 radical (unpaired) electrons. The van der Waals surface area contributed by atoms with E-state index in [0.29, 0.717) is 17.7 Å². The number of hydrogen-bond donors (Lipinski definition) is 1. The Hall–Kier alpha value is -1.16. The van der Waals surface area contributed by atoms with Gasteiger partial charge in [-0.05, 0) is 31.4 Å². The van der Waals surface area contributed by atoms with Crippen LogP contribution in [0.4, 0.5) is 5.82 Å². The van der Waals surface area contributed by atoms with Crippen LogP contribution in [0.1, 0.15) is 32.9 Å².